The van der Waals surface area contributed by atoms with Crippen LogP contribution < -0.4 is 5.32 Å². The fourth-order valence-electron chi connectivity index (χ4n) is 2.32. The molecule has 1 aromatic carbocycles. The zero-order chi connectivity index (χ0) is 12.3. The monoisotopic (exact) mass is 251 g/mol. The Morgan fingerprint density at radius 2 is 2.00 bits per heavy atom. The predicted octanol–water partition coefficient (Wildman–Crippen LogP) is 3.71. The van der Waals surface area contributed by atoms with Gasteiger partial charge in [-0.3, -0.25) is 4.79 Å². The summed E-state index contributed by atoms with van der Waals surface area (Å²) in [6.45, 7) is 1.97. The average molecular weight is 252 g/mol. The second kappa shape index (κ2) is 5.54. The van der Waals surface area contributed by atoms with E-state index in [2.05, 4.69) is 5.32 Å². The van der Waals surface area contributed by atoms with Crippen LogP contribution in [0.4, 0.5) is 0 Å². The van der Waals surface area contributed by atoms with Crippen LogP contribution in [0.2, 0.25) is 5.02 Å². The Bertz CT molecular complexity index is 411. The molecule has 0 aliphatic heterocycles. The van der Waals surface area contributed by atoms with Crippen molar-refractivity contribution in [3.8, 4) is 0 Å². The Hall–Kier alpha value is -1.02. The van der Waals surface area contributed by atoms with Crippen LogP contribution in [-0.2, 0) is 0 Å². The van der Waals surface area contributed by atoms with E-state index in [9.17, 15) is 4.79 Å². The summed E-state index contributed by atoms with van der Waals surface area (Å²) >= 11 is 6.05. The molecule has 1 aromatic rings. The third-order valence-corrected chi connectivity index (χ3v) is 3.64. The fourth-order valence-corrected chi connectivity index (χ4v) is 2.53. The van der Waals surface area contributed by atoms with Crippen molar-refractivity contribution in [2.45, 2.75) is 45.1 Å². The minimum absolute atomic E-state index is 0.0365. The molecule has 0 heterocycles. The van der Waals surface area contributed by atoms with Crippen LogP contribution >= 0.6 is 11.6 Å². The van der Waals surface area contributed by atoms with Gasteiger partial charge in [0.15, 0.2) is 0 Å². The Kier molecular flexibility index (Phi) is 4.06. The maximum Gasteiger partial charge on any atom is 0.253 e. The minimum atomic E-state index is -0.0365. The van der Waals surface area contributed by atoms with Gasteiger partial charge in [0.05, 0.1) is 10.6 Å². The summed E-state index contributed by atoms with van der Waals surface area (Å²) in [4.78, 5) is 12.1. The summed E-state index contributed by atoms with van der Waals surface area (Å²) in [6.07, 6.45) is 5.90. The highest BCUT2D eigenvalue weighted by Crippen LogP contribution is 2.20. The number of aryl methyl sites for hydroxylation is 1. The number of rotatable bonds is 2. The van der Waals surface area contributed by atoms with Gasteiger partial charge in [0, 0.05) is 6.04 Å². The SMILES string of the molecule is Cc1ccc(Cl)c(C(=O)NC2CCCCC2)c1. The van der Waals surface area contributed by atoms with Crippen molar-refractivity contribution >= 4 is 17.5 Å². The molecule has 92 valence electrons. The summed E-state index contributed by atoms with van der Waals surface area (Å²) < 4.78 is 0. The molecule has 2 nitrogen and oxygen atoms in total. The van der Waals surface area contributed by atoms with Gasteiger partial charge in [-0.2, -0.15) is 0 Å². The van der Waals surface area contributed by atoms with Crippen LogP contribution in [0, 0.1) is 6.92 Å². The van der Waals surface area contributed by atoms with Crippen molar-refractivity contribution in [1.29, 1.82) is 0 Å². The second-order valence-electron chi connectivity index (χ2n) is 4.79. The third kappa shape index (κ3) is 3.22. The second-order valence-corrected chi connectivity index (χ2v) is 5.20. The molecule has 0 bridgehead atoms. The van der Waals surface area contributed by atoms with E-state index in [1.165, 1.54) is 19.3 Å². The Balaban J connectivity index is 2.05. The quantitative estimate of drug-likeness (QED) is 0.853. The van der Waals surface area contributed by atoms with E-state index >= 15 is 0 Å². The summed E-state index contributed by atoms with van der Waals surface area (Å²) in [7, 11) is 0. The van der Waals surface area contributed by atoms with Gasteiger partial charge in [-0.25, -0.2) is 0 Å². The summed E-state index contributed by atoms with van der Waals surface area (Å²) in [5, 5.41) is 3.61. The van der Waals surface area contributed by atoms with Gasteiger partial charge in [0.25, 0.3) is 5.91 Å². The zero-order valence-corrected chi connectivity index (χ0v) is 10.9. The van der Waals surface area contributed by atoms with Gasteiger partial charge >= 0.3 is 0 Å². The van der Waals surface area contributed by atoms with Crippen LogP contribution in [-0.4, -0.2) is 11.9 Å². The number of amides is 1. The molecular weight excluding hydrogens is 234 g/mol. The van der Waals surface area contributed by atoms with E-state index in [4.69, 9.17) is 11.6 Å². The van der Waals surface area contributed by atoms with Crippen molar-refractivity contribution in [2.75, 3.05) is 0 Å². The molecule has 0 radical (unpaired) electrons. The van der Waals surface area contributed by atoms with Crippen LogP contribution in [0.1, 0.15) is 48.0 Å². The summed E-state index contributed by atoms with van der Waals surface area (Å²) in [6, 6.07) is 5.88. The topological polar surface area (TPSA) is 29.1 Å². The molecular formula is C14H18ClNO. The Morgan fingerprint density at radius 3 is 2.71 bits per heavy atom. The molecule has 0 saturated heterocycles. The highest BCUT2D eigenvalue weighted by atomic mass is 35.5. The van der Waals surface area contributed by atoms with E-state index in [0.29, 0.717) is 16.6 Å². The largest absolute Gasteiger partial charge is 0.349 e. The number of carbonyl (C=O) groups excluding carboxylic acids is 1. The van der Waals surface area contributed by atoms with Crippen molar-refractivity contribution in [3.05, 3.63) is 34.3 Å². The van der Waals surface area contributed by atoms with Gasteiger partial charge in [0.2, 0.25) is 0 Å². The smallest absolute Gasteiger partial charge is 0.253 e. The number of hydrogen-bond donors (Lipinski definition) is 1. The van der Waals surface area contributed by atoms with Crippen LogP contribution in [0.25, 0.3) is 0 Å². The van der Waals surface area contributed by atoms with E-state index in [-0.39, 0.29) is 5.91 Å². The van der Waals surface area contributed by atoms with Crippen molar-refractivity contribution in [2.24, 2.45) is 0 Å². The highest BCUT2D eigenvalue weighted by Gasteiger charge is 2.18. The molecule has 17 heavy (non-hydrogen) atoms. The first-order valence-corrected chi connectivity index (χ1v) is 6.61. The lowest BCUT2D eigenvalue weighted by Crippen LogP contribution is -2.36. The molecule has 1 fully saturated rings. The maximum atomic E-state index is 12.1. The fraction of sp³-hybridized carbons (Fsp3) is 0.500. The number of carbonyl (C=O) groups is 1. The van der Waals surface area contributed by atoms with Crippen molar-refractivity contribution in [3.63, 3.8) is 0 Å². The van der Waals surface area contributed by atoms with E-state index < -0.39 is 0 Å². The molecule has 1 N–H and O–H groups in total. The van der Waals surface area contributed by atoms with Crippen LogP contribution in [0.15, 0.2) is 18.2 Å². The molecule has 3 heteroatoms. The third-order valence-electron chi connectivity index (χ3n) is 3.31. The number of hydrogen-bond acceptors (Lipinski definition) is 1. The van der Waals surface area contributed by atoms with Crippen LogP contribution in [0.3, 0.4) is 0 Å². The van der Waals surface area contributed by atoms with Gasteiger partial charge in [-0.05, 0) is 31.9 Å². The molecule has 1 saturated carbocycles. The average Bonchev–Trinajstić information content (AvgIpc) is 2.33. The van der Waals surface area contributed by atoms with Crippen molar-refractivity contribution < 1.29 is 4.79 Å². The zero-order valence-electron chi connectivity index (χ0n) is 10.1. The van der Waals surface area contributed by atoms with Gasteiger partial charge in [-0.1, -0.05) is 42.5 Å². The van der Waals surface area contributed by atoms with Crippen LogP contribution in [0.5, 0.6) is 0 Å². The predicted molar refractivity (Wildman–Crippen MR) is 70.5 cm³/mol. The first-order valence-electron chi connectivity index (χ1n) is 6.24. The molecule has 0 atom stereocenters. The highest BCUT2D eigenvalue weighted by molar-refractivity contribution is 6.33. The Labute approximate surface area is 107 Å². The minimum Gasteiger partial charge on any atom is -0.349 e. The van der Waals surface area contributed by atoms with E-state index in [1.54, 1.807) is 6.07 Å². The van der Waals surface area contributed by atoms with E-state index in [0.717, 1.165) is 18.4 Å². The molecule has 0 aromatic heterocycles. The lowest BCUT2D eigenvalue weighted by molar-refractivity contribution is 0.0928. The molecule has 2 rings (SSSR count). The molecule has 1 aliphatic rings. The van der Waals surface area contributed by atoms with Crippen molar-refractivity contribution in [1.82, 2.24) is 5.32 Å². The molecule has 1 amide bonds. The standard InChI is InChI=1S/C14H18ClNO/c1-10-7-8-13(15)12(9-10)14(17)16-11-5-3-2-4-6-11/h7-9,11H,2-6H2,1H3,(H,16,17). The molecule has 1 aliphatic carbocycles. The first-order chi connectivity index (χ1) is 8.16. The van der Waals surface area contributed by atoms with Gasteiger partial charge in [-0.15, -0.1) is 0 Å². The van der Waals surface area contributed by atoms with Gasteiger partial charge < -0.3 is 5.32 Å². The first kappa shape index (κ1) is 12.4. The maximum absolute atomic E-state index is 12.1. The lowest BCUT2D eigenvalue weighted by atomic mass is 9.95. The normalized spacial score (nSPS) is 16.8. The molecule has 0 spiro atoms. The molecule has 0 unspecified atom stereocenters. The number of benzene rings is 1. The number of halogens is 1. The van der Waals surface area contributed by atoms with E-state index in [1.807, 2.05) is 19.1 Å². The lowest BCUT2D eigenvalue weighted by Gasteiger charge is -2.23. The van der Waals surface area contributed by atoms with Gasteiger partial charge in [0.1, 0.15) is 0 Å². The summed E-state index contributed by atoms with van der Waals surface area (Å²) in [5.41, 5.74) is 1.65. The summed E-state index contributed by atoms with van der Waals surface area (Å²) in [5.74, 6) is -0.0365. The Morgan fingerprint density at radius 1 is 1.29 bits per heavy atom. The number of nitrogens with one attached hydrogen (secondary N) is 1.